The third kappa shape index (κ3) is 2.86. The Bertz CT molecular complexity index is 558. The number of para-hydroxylation sites is 1. The van der Waals surface area contributed by atoms with Crippen LogP contribution >= 0.6 is 0 Å². The van der Waals surface area contributed by atoms with Gasteiger partial charge in [0.05, 0.1) is 0 Å². The summed E-state index contributed by atoms with van der Waals surface area (Å²) in [5.41, 5.74) is 2.36. The number of amides is 2. The molecule has 2 aliphatic rings. The third-order valence-corrected chi connectivity index (χ3v) is 4.38. The van der Waals surface area contributed by atoms with Crippen molar-refractivity contribution in [2.75, 3.05) is 31.6 Å². The Morgan fingerprint density at radius 2 is 2.10 bits per heavy atom. The van der Waals surface area contributed by atoms with E-state index in [0.717, 1.165) is 13.0 Å². The number of benzene rings is 1. The summed E-state index contributed by atoms with van der Waals surface area (Å²) in [4.78, 5) is 28.3. The molecule has 0 aromatic heterocycles. The van der Waals surface area contributed by atoms with Crippen LogP contribution in [0, 0.1) is 5.92 Å². The molecule has 0 bridgehead atoms. The van der Waals surface area contributed by atoms with Crippen LogP contribution < -0.4 is 10.2 Å². The van der Waals surface area contributed by atoms with E-state index in [0.29, 0.717) is 26.1 Å². The second kappa shape index (κ2) is 5.76. The Balaban J connectivity index is 1.77. The predicted octanol–water partition coefficient (Wildman–Crippen LogP) is 0.991. The highest BCUT2D eigenvalue weighted by Crippen LogP contribution is 2.25. The lowest BCUT2D eigenvalue weighted by molar-refractivity contribution is -0.140. The zero-order valence-electron chi connectivity index (χ0n) is 12.3. The number of fused-ring (bicyclic) bond motifs is 1. The van der Waals surface area contributed by atoms with Crippen LogP contribution in [0.1, 0.15) is 18.4 Å². The molecule has 2 aliphatic heterocycles. The van der Waals surface area contributed by atoms with E-state index in [1.807, 2.05) is 17.0 Å². The van der Waals surface area contributed by atoms with Gasteiger partial charge in [0.2, 0.25) is 11.8 Å². The summed E-state index contributed by atoms with van der Waals surface area (Å²) < 4.78 is 0. The van der Waals surface area contributed by atoms with E-state index in [1.165, 1.54) is 11.3 Å². The third-order valence-electron chi connectivity index (χ3n) is 4.38. The summed E-state index contributed by atoms with van der Waals surface area (Å²) >= 11 is 0. The maximum atomic E-state index is 12.7. The van der Waals surface area contributed by atoms with Crippen LogP contribution in [-0.4, -0.2) is 43.4 Å². The predicted molar refractivity (Wildman–Crippen MR) is 80.9 cm³/mol. The molecule has 0 saturated carbocycles. The van der Waals surface area contributed by atoms with E-state index in [4.69, 9.17) is 0 Å². The Kier molecular flexibility index (Phi) is 3.82. The second-order valence-corrected chi connectivity index (χ2v) is 5.85. The summed E-state index contributed by atoms with van der Waals surface area (Å²) in [5, 5.41) is 2.79. The molecule has 5 heteroatoms. The standard InChI is InChI=1S/C16H21N3O2/c1-18-8-9-19(11-13-4-2-3-5-14(13)18)16(21)12-6-7-17-15(20)10-12/h2-5,12H,6-11H2,1H3,(H,17,20). The normalized spacial score (nSPS) is 22.3. The van der Waals surface area contributed by atoms with Crippen molar-refractivity contribution in [2.45, 2.75) is 19.4 Å². The maximum Gasteiger partial charge on any atom is 0.226 e. The molecule has 1 unspecified atom stereocenters. The number of rotatable bonds is 1. The number of nitrogens with one attached hydrogen (secondary N) is 1. The van der Waals surface area contributed by atoms with Gasteiger partial charge in [-0.25, -0.2) is 0 Å². The Morgan fingerprint density at radius 1 is 1.29 bits per heavy atom. The molecule has 2 heterocycles. The van der Waals surface area contributed by atoms with E-state index in [2.05, 4.69) is 29.4 Å². The van der Waals surface area contributed by atoms with Crippen LogP contribution in [0.2, 0.25) is 0 Å². The van der Waals surface area contributed by atoms with Crippen LogP contribution in [-0.2, 0) is 16.1 Å². The minimum absolute atomic E-state index is 0.00746. The van der Waals surface area contributed by atoms with Crippen molar-refractivity contribution >= 4 is 17.5 Å². The topological polar surface area (TPSA) is 52.6 Å². The number of anilines is 1. The van der Waals surface area contributed by atoms with E-state index in [1.54, 1.807) is 0 Å². The Labute approximate surface area is 124 Å². The van der Waals surface area contributed by atoms with Gasteiger partial charge in [0.1, 0.15) is 0 Å². The van der Waals surface area contributed by atoms with Gasteiger partial charge in [0, 0.05) is 51.3 Å². The van der Waals surface area contributed by atoms with Gasteiger partial charge >= 0.3 is 0 Å². The van der Waals surface area contributed by atoms with Gasteiger partial charge in [0.15, 0.2) is 0 Å². The first kappa shape index (κ1) is 13.9. The molecule has 1 atom stereocenters. The molecular formula is C16H21N3O2. The molecule has 1 aromatic carbocycles. The first-order valence-corrected chi connectivity index (χ1v) is 7.49. The van der Waals surface area contributed by atoms with Gasteiger partial charge in [-0.1, -0.05) is 18.2 Å². The van der Waals surface area contributed by atoms with Crippen molar-refractivity contribution in [2.24, 2.45) is 5.92 Å². The van der Waals surface area contributed by atoms with Gasteiger partial charge < -0.3 is 15.1 Å². The van der Waals surface area contributed by atoms with E-state index in [9.17, 15) is 9.59 Å². The van der Waals surface area contributed by atoms with Crippen molar-refractivity contribution in [3.63, 3.8) is 0 Å². The molecular weight excluding hydrogens is 266 g/mol. The fraction of sp³-hybridized carbons (Fsp3) is 0.500. The zero-order chi connectivity index (χ0) is 14.8. The van der Waals surface area contributed by atoms with E-state index in [-0.39, 0.29) is 17.7 Å². The fourth-order valence-corrected chi connectivity index (χ4v) is 3.13. The smallest absolute Gasteiger partial charge is 0.226 e. The molecule has 0 aliphatic carbocycles. The molecule has 3 rings (SSSR count). The molecule has 21 heavy (non-hydrogen) atoms. The summed E-state index contributed by atoms with van der Waals surface area (Å²) in [6.45, 7) is 2.78. The summed E-state index contributed by atoms with van der Waals surface area (Å²) in [5.74, 6) is -0.0452. The van der Waals surface area contributed by atoms with Gasteiger partial charge in [-0.15, -0.1) is 0 Å². The van der Waals surface area contributed by atoms with Crippen molar-refractivity contribution in [3.05, 3.63) is 29.8 Å². The quantitative estimate of drug-likeness (QED) is 0.838. The molecule has 0 radical (unpaired) electrons. The fourth-order valence-electron chi connectivity index (χ4n) is 3.13. The lowest BCUT2D eigenvalue weighted by Gasteiger charge is -2.28. The number of carbonyl (C=O) groups is 2. The first-order chi connectivity index (χ1) is 10.1. The SMILES string of the molecule is CN1CCN(C(=O)C2CCNC(=O)C2)Cc2ccccc21. The average molecular weight is 287 g/mol. The first-order valence-electron chi connectivity index (χ1n) is 7.49. The van der Waals surface area contributed by atoms with Crippen molar-refractivity contribution in [3.8, 4) is 0 Å². The molecule has 1 N–H and O–H groups in total. The maximum absolute atomic E-state index is 12.7. The van der Waals surface area contributed by atoms with Crippen molar-refractivity contribution < 1.29 is 9.59 Å². The number of nitrogens with zero attached hydrogens (tertiary/aromatic N) is 2. The highest BCUT2D eigenvalue weighted by molar-refractivity contribution is 5.87. The van der Waals surface area contributed by atoms with Gasteiger partial charge in [-0.05, 0) is 18.1 Å². The Hall–Kier alpha value is -2.04. The van der Waals surface area contributed by atoms with Crippen molar-refractivity contribution in [1.82, 2.24) is 10.2 Å². The van der Waals surface area contributed by atoms with Crippen LogP contribution in [0.25, 0.3) is 0 Å². The van der Waals surface area contributed by atoms with E-state index >= 15 is 0 Å². The number of hydrogen-bond acceptors (Lipinski definition) is 3. The van der Waals surface area contributed by atoms with E-state index < -0.39 is 0 Å². The van der Waals surface area contributed by atoms with Crippen LogP contribution in [0.4, 0.5) is 5.69 Å². The lowest BCUT2D eigenvalue weighted by atomic mass is 9.95. The number of carbonyl (C=O) groups excluding carboxylic acids is 2. The summed E-state index contributed by atoms with van der Waals surface area (Å²) in [6, 6.07) is 8.20. The highest BCUT2D eigenvalue weighted by Gasteiger charge is 2.30. The van der Waals surface area contributed by atoms with Gasteiger partial charge in [-0.3, -0.25) is 9.59 Å². The van der Waals surface area contributed by atoms with Crippen LogP contribution in [0.5, 0.6) is 0 Å². The largest absolute Gasteiger partial charge is 0.373 e. The number of hydrogen-bond donors (Lipinski definition) is 1. The second-order valence-electron chi connectivity index (χ2n) is 5.85. The molecule has 5 nitrogen and oxygen atoms in total. The molecule has 0 spiro atoms. The number of piperidine rings is 1. The number of likely N-dealkylation sites (N-methyl/N-ethyl adjacent to an activating group) is 1. The highest BCUT2D eigenvalue weighted by atomic mass is 16.2. The lowest BCUT2D eigenvalue weighted by Crippen LogP contribution is -2.44. The summed E-state index contributed by atoms with van der Waals surface area (Å²) in [7, 11) is 2.06. The van der Waals surface area contributed by atoms with Crippen molar-refractivity contribution in [1.29, 1.82) is 0 Å². The summed E-state index contributed by atoms with van der Waals surface area (Å²) in [6.07, 6.45) is 1.07. The molecule has 1 fully saturated rings. The van der Waals surface area contributed by atoms with Crippen LogP contribution in [0.15, 0.2) is 24.3 Å². The molecule has 2 amide bonds. The molecule has 1 saturated heterocycles. The Morgan fingerprint density at radius 3 is 2.90 bits per heavy atom. The van der Waals surface area contributed by atoms with Gasteiger partial charge in [0.25, 0.3) is 0 Å². The zero-order valence-corrected chi connectivity index (χ0v) is 12.3. The monoisotopic (exact) mass is 287 g/mol. The minimum atomic E-state index is -0.158. The van der Waals surface area contributed by atoms with Gasteiger partial charge in [-0.2, -0.15) is 0 Å². The van der Waals surface area contributed by atoms with Crippen LogP contribution in [0.3, 0.4) is 0 Å². The average Bonchev–Trinajstić information content (AvgIpc) is 2.66. The minimum Gasteiger partial charge on any atom is -0.373 e. The molecule has 112 valence electrons. The molecule has 1 aromatic rings.